The van der Waals surface area contributed by atoms with E-state index >= 15 is 0 Å². The van der Waals surface area contributed by atoms with E-state index in [1.807, 2.05) is 24.3 Å². The molecule has 0 saturated heterocycles. The Morgan fingerprint density at radius 1 is 1.33 bits per heavy atom. The zero-order valence-electron chi connectivity index (χ0n) is 15.3. The van der Waals surface area contributed by atoms with Crippen LogP contribution in [-0.2, 0) is 9.53 Å². The van der Waals surface area contributed by atoms with E-state index in [1.165, 1.54) is 11.3 Å². The van der Waals surface area contributed by atoms with Gasteiger partial charge in [-0.3, -0.25) is 9.78 Å². The number of nitrogens with one attached hydrogen (secondary N) is 1. The smallest absolute Gasteiger partial charge is 0.227 e. The molecular weight excluding hydrogens is 362 g/mol. The topological polar surface area (TPSA) is 73.3 Å². The second-order valence-electron chi connectivity index (χ2n) is 6.75. The number of aromatic nitrogens is 2. The molecule has 4 rings (SSSR count). The lowest BCUT2D eigenvalue weighted by Crippen LogP contribution is -2.14. The maximum atomic E-state index is 12.2. The molecule has 6 nitrogen and oxygen atoms in total. The first-order valence-electron chi connectivity index (χ1n) is 8.92. The molecule has 2 aromatic heterocycles. The summed E-state index contributed by atoms with van der Waals surface area (Å²) < 4.78 is 11.0. The molecule has 2 atom stereocenters. The highest BCUT2D eigenvalue weighted by Crippen LogP contribution is 2.39. The van der Waals surface area contributed by atoms with Gasteiger partial charge in [-0.15, -0.1) is 11.3 Å². The molecule has 0 spiro atoms. The lowest BCUT2D eigenvalue weighted by atomic mass is 10.1. The average Bonchev–Trinajstić information content (AvgIpc) is 3.17. The number of rotatable bonds is 7. The van der Waals surface area contributed by atoms with Gasteiger partial charge in [0.15, 0.2) is 0 Å². The van der Waals surface area contributed by atoms with Gasteiger partial charge in [-0.25, -0.2) is 4.98 Å². The van der Waals surface area contributed by atoms with Gasteiger partial charge >= 0.3 is 0 Å². The number of anilines is 1. The van der Waals surface area contributed by atoms with Gasteiger partial charge in [-0.05, 0) is 30.5 Å². The van der Waals surface area contributed by atoms with Crippen molar-refractivity contribution in [3.05, 3.63) is 36.0 Å². The van der Waals surface area contributed by atoms with Gasteiger partial charge < -0.3 is 14.8 Å². The van der Waals surface area contributed by atoms with Crippen LogP contribution in [0.4, 0.5) is 5.69 Å². The summed E-state index contributed by atoms with van der Waals surface area (Å²) in [7, 11) is 1.64. The van der Waals surface area contributed by atoms with Crippen LogP contribution in [0.25, 0.3) is 21.5 Å². The number of pyridine rings is 1. The molecule has 1 amide bonds. The average molecular weight is 383 g/mol. The Kier molecular flexibility index (Phi) is 5.05. The highest BCUT2D eigenvalue weighted by atomic mass is 32.1. The minimum absolute atomic E-state index is 0.0814. The van der Waals surface area contributed by atoms with E-state index in [0.29, 0.717) is 19.1 Å². The van der Waals surface area contributed by atoms with Crippen LogP contribution in [0, 0.1) is 11.8 Å². The Hall–Kier alpha value is -2.51. The fraction of sp³-hybridized carbons (Fsp3) is 0.350. The largest absolute Gasteiger partial charge is 0.490 e. The van der Waals surface area contributed by atoms with Crippen LogP contribution in [0.1, 0.15) is 13.3 Å². The van der Waals surface area contributed by atoms with Crippen LogP contribution in [0.2, 0.25) is 0 Å². The number of nitrogens with zero attached hydrogens (tertiary/aromatic N) is 2. The molecular formula is C20H21N3O3S. The van der Waals surface area contributed by atoms with Crippen molar-refractivity contribution in [3.8, 4) is 16.3 Å². The molecule has 1 aromatic carbocycles. The van der Waals surface area contributed by atoms with E-state index in [4.69, 9.17) is 14.5 Å². The van der Waals surface area contributed by atoms with Crippen molar-refractivity contribution in [2.24, 2.45) is 11.8 Å². The normalized spacial score (nSPS) is 18.4. The number of fused-ring (bicyclic) bond motifs is 1. The molecule has 1 N–H and O–H groups in total. The van der Waals surface area contributed by atoms with Crippen molar-refractivity contribution in [2.45, 2.75) is 13.3 Å². The Morgan fingerprint density at radius 3 is 2.89 bits per heavy atom. The predicted octanol–water partition coefficient (Wildman–Crippen LogP) is 3.98. The molecule has 3 aromatic rings. The lowest BCUT2D eigenvalue weighted by Gasteiger charge is -2.12. The highest BCUT2D eigenvalue weighted by molar-refractivity contribution is 7.13. The summed E-state index contributed by atoms with van der Waals surface area (Å²) in [6.45, 7) is 3.03. The van der Waals surface area contributed by atoms with Crippen molar-refractivity contribution < 1.29 is 14.3 Å². The number of thiazole rings is 1. The van der Waals surface area contributed by atoms with E-state index in [0.717, 1.165) is 39.3 Å². The maximum Gasteiger partial charge on any atom is 0.227 e. The number of benzene rings is 1. The summed E-state index contributed by atoms with van der Waals surface area (Å²) in [5.41, 5.74) is 4.17. The highest BCUT2D eigenvalue weighted by Gasteiger charge is 2.39. The summed E-state index contributed by atoms with van der Waals surface area (Å²) in [4.78, 5) is 22.1. The minimum Gasteiger partial charge on any atom is -0.490 e. The fourth-order valence-corrected chi connectivity index (χ4v) is 3.60. The molecule has 27 heavy (non-hydrogen) atoms. The van der Waals surface area contributed by atoms with E-state index < -0.39 is 0 Å². The third-order valence-corrected chi connectivity index (χ3v) is 5.51. The summed E-state index contributed by atoms with van der Waals surface area (Å²) >= 11 is 1.53. The van der Waals surface area contributed by atoms with Crippen molar-refractivity contribution in [3.63, 3.8) is 0 Å². The van der Waals surface area contributed by atoms with Crippen LogP contribution >= 0.6 is 11.3 Å². The summed E-state index contributed by atoms with van der Waals surface area (Å²) in [6.07, 6.45) is 2.76. The third-order valence-electron chi connectivity index (χ3n) is 4.71. The summed E-state index contributed by atoms with van der Waals surface area (Å²) in [5.74, 6) is 1.40. The van der Waals surface area contributed by atoms with Gasteiger partial charge in [-0.2, -0.15) is 0 Å². The number of carbonyl (C=O) groups excluding carboxylic acids is 1. The molecule has 1 aliphatic carbocycles. The first-order valence-corrected chi connectivity index (χ1v) is 9.80. The van der Waals surface area contributed by atoms with Gasteiger partial charge in [0, 0.05) is 36.4 Å². The predicted molar refractivity (Wildman–Crippen MR) is 106 cm³/mol. The number of ether oxygens (including phenoxy) is 2. The second-order valence-corrected chi connectivity index (χ2v) is 7.64. The van der Waals surface area contributed by atoms with Crippen LogP contribution < -0.4 is 10.1 Å². The molecule has 0 aliphatic heterocycles. The summed E-state index contributed by atoms with van der Waals surface area (Å²) in [5, 5.41) is 3.87. The maximum absolute atomic E-state index is 12.2. The molecule has 1 fully saturated rings. The van der Waals surface area contributed by atoms with E-state index in [-0.39, 0.29) is 11.8 Å². The third kappa shape index (κ3) is 3.94. The Morgan fingerprint density at radius 2 is 2.19 bits per heavy atom. The van der Waals surface area contributed by atoms with Crippen molar-refractivity contribution in [1.82, 2.24) is 9.97 Å². The Labute approximate surface area is 161 Å². The van der Waals surface area contributed by atoms with Gasteiger partial charge in [0.25, 0.3) is 0 Å². The molecule has 0 bridgehead atoms. The Balaban J connectivity index is 1.68. The number of carbonyl (C=O) groups is 1. The quantitative estimate of drug-likeness (QED) is 0.625. The molecule has 2 unspecified atom stereocenters. The van der Waals surface area contributed by atoms with Crippen molar-refractivity contribution >= 4 is 33.8 Å². The van der Waals surface area contributed by atoms with Crippen LogP contribution in [0.15, 0.2) is 36.0 Å². The lowest BCUT2D eigenvalue weighted by molar-refractivity contribution is -0.117. The second kappa shape index (κ2) is 7.62. The van der Waals surface area contributed by atoms with E-state index in [9.17, 15) is 4.79 Å². The molecule has 1 aliphatic rings. The van der Waals surface area contributed by atoms with Gasteiger partial charge in [0.2, 0.25) is 5.91 Å². The molecule has 140 valence electrons. The first kappa shape index (κ1) is 17.9. The zero-order chi connectivity index (χ0) is 18.8. The van der Waals surface area contributed by atoms with Crippen LogP contribution in [-0.4, -0.2) is 36.2 Å². The first-order chi connectivity index (χ1) is 13.2. The Bertz CT molecular complexity index is 959. The molecule has 1 saturated carbocycles. The number of hydrogen-bond acceptors (Lipinski definition) is 6. The van der Waals surface area contributed by atoms with E-state index in [2.05, 4.69) is 17.2 Å². The molecule has 0 radical (unpaired) electrons. The molecule has 2 heterocycles. The minimum atomic E-state index is 0.0814. The standard InChI is InChI=1S/C20H21N3O3S/c1-12-7-14(12)20(24)22-13-3-4-16-15(8-13)18(26-6-5-25-2)9-17(23-16)19-10-21-11-27-19/h3-4,8-12,14H,5-7H2,1-2H3,(H,22,24). The number of amides is 1. The van der Waals surface area contributed by atoms with Crippen LogP contribution in [0.3, 0.4) is 0 Å². The number of hydrogen-bond donors (Lipinski definition) is 1. The van der Waals surface area contributed by atoms with Crippen LogP contribution in [0.5, 0.6) is 5.75 Å². The number of methoxy groups -OCH3 is 1. The monoisotopic (exact) mass is 383 g/mol. The van der Waals surface area contributed by atoms with Crippen molar-refractivity contribution in [2.75, 3.05) is 25.6 Å². The fourth-order valence-electron chi connectivity index (χ4n) is 3.02. The summed E-state index contributed by atoms with van der Waals surface area (Å²) in [6, 6.07) is 7.64. The van der Waals surface area contributed by atoms with Gasteiger partial charge in [0.1, 0.15) is 12.4 Å². The molecule has 7 heteroatoms. The zero-order valence-corrected chi connectivity index (χ0v) is 16.1. The van der Waals surface area contributed by atoms with E-state index in [1.54, 1.807) is 18.8 Å². The van der Waals surface area contributed by atoms with Gasteiger partial charge in [0.05, 0.1) is 28.2 Å². The van der Waals surface area contributed by atoms with Crippen molar-refractivity contribution in [1.29, 1.82) is 0 Å². The van der Waals surface area contributed by atoms with Gasteiger partial charge in [-0.1, -0.05) is 6.92 Å². The SMILES string of the molecule is COCCOc1cc(-c2cncs2)nc2ccc(NC(=O)C3CC3C)cc12.